The van der Waals surface area contributed by atoms with Crippen molar-refractivity contribution in [2.24, 2.45) is 0 Å². The predicted octanol–water partition coefficient (Wildman–Crippen LogP) is -0.185. The van der Waals surface area contributed by atoms with Gasteiger partial charge in [-0.1, -0.05) is 4.53 Å². The van der Waals surface area contributed by atoms with Crippen LogP contribution in [0.1, 0.15) is 2.85 Å². The minimum Gasteiger partial charge on any atom is -1.00 e. The summed E-state index contributed by atoms with van der Waals surface area (Å²) in [6, 6.07) is 0. The van der Waals surface area contributed by atoms with Crippen molar-refractivity contribution in [3.8, 4) is 0 Å². The smallest absolute Gasteiger partial charge is 1.00 e. The van der Waals surface area contributed by atoms with E-state index in [0.717, 1.165) is 0 Å². The van der Waals surface area contributed by atoms with Crippen LogP contribution < -0.4 is 0 Å². The topological polar surface area (TPSA) is 9.23 Å². The second-order valence-corrected chi connectivity index (χ2v) is 0.0891. The van der Waals surface area contributed by atoms with Crippen molar-refractivity contribution in [3.63, 3.8) is 0 Å². The van der Waals surface area contributed by atoms with E-state index in [1.165, 1.54) is 0 Å². The van der Waals surface area contributed by atoms with E-state index in [2.05, 4.69) is 12.9 Å². The Hall–Kier alpha value is 1.53. The van der Waals surface area contributed by atoms with Gasteiger partial charge in [0.2, 0.25) is 0 Å². The minimum absolute atomic E-state index is 0. The first kappa shape index (κ1) is 9.11. The average Bonchev–Trinajstić information content (AvgIpc) is 0.918. The van der Waals surface area contributed by atoms with E-state index in [1.807, 2.05) is 0 Å². The minimum atomic E-state index is 0. The van der Waals surface area contributed by atoms with Gasteiger partial charge in [0.05, 0.1) is 0 Å². The largest absolute Gasteiger partial charge is 2.00 e. The Morgan fingerprint density at radius 2 is 2.00 bits per heavy atom. The van der Waals surface area contributed by atoms with Gasteiger partial charge in [0, 0.05) is 0 Å². The van der Waals surface area contributed by atoms with Gasteiger partial charge in [-0.15, -0.1) is 0 Å². The molecule has 0 aromatic rings. The molecule has 0 heterocycles. The van der Waals surface area contributed by atoms with Crippen LogP contribution in [0, 0.1) is 0 Å². The second-order valence-electron chi connectivity index (χ2n) is 0.0891. The summed E-state index contributed by atoms with van der Waals surface area (Å²) in [5.41, 5.74) is 0. The maximum atomic E-state index is 9.57. The molecule has 0 bridgehead atoms. The number of hydrogen-bond donors (Lipinski definition) is 0. The Balaban J connectivity index is -0.00000000667. The maximum Gasteiger partial charge on any atom is 2.00 e. The van der Waals surface area contributed by atoms with E-state index < -0.39 is 0 Å². The van der Waals surface area contributed by atoms with Crippen LogP contribution in [-0.4, -0.2) is 56.9 Å². The van der Waals surface area contributed by atoms with E-state index in [0.29, 0.717) is 0 Å². The van der Waals surface area contributed by atoms with Gasteiger partial charge in [0.15, 0.2) is 0 Å². The molecule has 0 fully saturated rings. The monoisotopic (exact) mass is 186 g/mol. The fourth-order valence-electron chi connectivity index (χ4n) is 0. The first-order valence-corrected chi connectivity index (χ1v) is 0.390. The van der Waals surface area contributed by atoms with Gasteiger partial charge >= 0.3 is 56.9 Å². The van der Waals surface area contributed by atoms with Crippen LogP contribution in [0.3, 0.4) is 0 Å². The van der Waals surface area contributed by atoms with E-state index in [9.17, 15) is 4.53 Å². The molecule has 0 spiro atoms. The third-order valence-corrected chi connectivity index (χ3v) is 0. The molecule has 0 unspecified atom stereocenters. The fourth-order valence-corrected chi connectivity index (χ4v) is 0. The summed E-state index contributed by atoms with van der Waals surface area (Å²) >= 11 is 0. The van der Waals surface area contributed by atoms with Crippen molar-refractivity contribution in [1.29, 1.82) is 0 Å². The normalized spacial score (nSPS) is 4.25. The van der Waals surface area contributed by atoms with Crippen LogP contribution in [0.4, 0.5) is 4.53 Å². The molecule has 0 aliphatic rings. The zero-order chi connectivity index (χ0) is 2.71. The molecule has 0 aromatic heterocycles. The second kappa shape index (κ2) is 8.82. The quantitative estimate of drug-likeness (QED) is 0.475. The molecule has 0 aromatic carbocycles. The van der Waals surface area contributed by atoms with Crippen molar-refractivity contribution in [3.05, 3.63) is 0 Å². The SMILES string of the molecule is [B]OF.[Ba+2].[H-].[H-]. The first-order chi connectivity index (χ1) is 1.41. The van der Waals surface area contributed by atoms with Gasteiger partial charge in [-0.2, -0.15) is 0 Å². The third-order valence-electron chi connectivity index (χ3n) is 0. The third kappa shape index (κ3) is 9.66. The van der Waals surface area contributed by atoms with Crippen molar-refractivity contribution < 1.29 is 12.2 Å². The Morgan fingerprint density at radius 3 is 2.00 bits per heavy atom. The molecule has 0 atom stereocenters. The van der Waals surface area contributed by atoms with Crippen LogP contribution in [-0.2, 0) is 4.86 Å². The van der Waals surface area contributed by atoms with Crippen LogP contribution in [0.25, 0.3) is 0 Å². The van der Waals surface area contributed by atoms with Crippen molar-refractivity contribution in [2.75, 3.05) is 0 Å². The zero-order valence-electron chi connectivity index (χ0n) is 4.07. The van der Waals surface area contributed by atoms with E-state index in [4.69, 9.17) is 0 Å². The number of hydrogen-bond acceptors (Lipinski definition) is 1. The number of rotatable bonds is 0. The van der Waals surface area contributed by atoms with Gasteiger partial charge in [-0.25, -0.2) is 0 Å². The first-order valence-electron chi connectivity index (χ1n) is 0.390. The summed E-state index contributed by atoms with van der Waals surface area (Å²) in [6.07, 6.45) is 0. The molecule has 20 valence electrons. The average molecular weight is 185 g/mol. The molecule has 0 N–H and O–H groups in total. The van der Waals surface area contributed by atoms with Crippen LogP contribution in [0.2, 0.25) is 0 Å². The molecule has 0 aliphatic carbocycles. The van der Waals surface area contributed by atoms with Crippen molar-refractivity contribution in [2.45, 2.75) is 0 Å². The standard InChI is InChI=1S/BFO.Ba.2H/c1-3-2;;;/q;+2;2*-1. The molecule has 0 saturated heterocycles. The molecule has 1 nitrogen and oxygen atoms in total. The Morgan fingerprint density at radius 1 is 2.00 bits per heavy atom. The molecule has 0 rings (SSSR count). The molecule has 2 radical (unpaired) electrons. The van der Waals surface area contributed by atoms with Crippen molar-refractivity contribution in [1.82, 2.24) is 0 Å². The number of halogens is 1. The van der Waals surface area contributed by atoms with Gasteiger partial charge < -0.3 is 2.85 Å². The summed E-state index contributed by atoms with van der Waals surface area (Å²) in [7, 11) is 3.68. The van der Waals surface area contributed by atoms with Gasteiger partial charge in [0.1, 0.15) is 0 Å². The predicted molar refractivity (Wildman–Crippen MR) is 15.9 cm³/mol. The molecule has 0 saturated carbocycles. The maximum absolute atomic E-state index is 9.57. The van der Waals surface area contributed by atoms with Gasteiger partial charge in [-0.3, -0.25) is 4.86 Å². The summed E-state index contributed by atoms with van der Waals surface area (Å²) < 4.78 is 9.57. The zero-order valence-corrected chi connectivity index (χ0v) is 6.51. The summed E-state index contributed by atoms with van der Waals surface area (Å²) in [4.78, 5) is 2.25. The summed E-state index contributed by atoms with van der Waals surface area (Å²) in [6.45, 7) is 0. The van der Waals surface area contributed by atoms with E-state index in [1.54, 1.807) is 0 Å². The van der Waals surface area contributed by atoms with E-state index >= 15 is 0 Å². The Labute approximate surface area is 68.3 Å². The van der Waals surface area contributed by atoms with Gasteiger partial charge in [0.25, 0.3) is 0 Å². The Bertz CT molecular complexity index is 13.5. The van der Waals surface area contributed by atoms with Crippen LogP contribution >= 0.6 is 0 Å². The molecular formula is H2BBaFO. The Kier molecular flexibility index (Phi) is 20.1. The van der Waals surface area contributed by atoms with E-state index in [-0.39, 0.29) is 51.7 Å². The molecule has 0 aliphatic heterocycles. The fraction of sp³-hybridized carbons (Fsp3) is 0. The molecule has 0 amide bonds. The summed E-state index contributed by atoms with van der Waals surface area (Å²) in [5, 5.41) is 0. The molecule has 4 heteroatoms. The molecular weight excluding hydrogens is 183 g/mol. The molecule has 4 heavy (non-hydrogen) atoms. The van der Waals surface area contributed by atoms with Crippen molar-refractivity contribution >= 4 is 56.9 Å². The summed E-state index contributed by atoms with van der Waals surface area (Å²) in [5.74, 6) is 0. The van der Waals surface area contributed by atoms with Crippen LogP contribution in [0.5, 0.6) is 0 Å². The van der Waals surface area contributed by atoms with Gasteiger partial charge in [-0.05, 0) is 0 Å². The van der Waals surface area contributed by atoms with Crippen LogP contribution in [0.15, 0.2) is 0 Å².